The van der Waals surface area contributed by atoms with Crippen LogP contribution in [0.1, 0.15) is 24.4 Å². The molecule has 0 bridgehead atoms. The molecule has 0 saturated carbocycles. The van der Waals surface area contributed by atoms with Gasteiger partial charge in [-0.3, -0.25) is 10.1 Å². The number of furan rings is 1. The van der Waals surface area contributed by atoms with Crippen LogP contribution in [0.15, 0.2) is 23.0 Å². The van der Waals surface area contributed by atoms with Crippen LogP contribution in [0.5, 0.6) is 0 Å². The van der Waals surface area contributed by atoms with E-state index in [4.69, 9.17) is 9.52 Å². The lowest BCUT2D eigenvalue weighted by Crippen LogP contribution is -2.31. The number of carboxylic acids is 1. The van der Waals surface area contributed by atoms with Gasteiger partial charge in [0, 0.05) is 11.6 Å². The van der Waals surface area contributed by atoms with Crippen molar-refractivity contribution in [3.63, 3.8) is 0 Å². The van der Waals surface area contributed by atoms with Crippen LogP contribution in [0.4, 0.5) is 0 Å². The molecule has 4 heteroatoms. The number of nitrogens with one attached hydrogen (secondary N) is 1. The molecule has 13 heavy (non-hydrogen) atoms. The number of hydrogen-bond acceptors (Lipinski definition) is 3. The molecule has 0 amide bonds. The smallest absolute Gasteiger partial charge is 0.320 e. The van der Waals surface area contributed by atoms with E-state index in [0.29, 0.717) is 6.42 Å². The Morgan fingerprint density at radius 2 is 2.46 bits per heavy atom. The van der Waals surface area contributed by atoms with Crippen molar-refractivity contribution in [2.45, 2.75) is 24.9 Å². The maximum Gasteiger partial charge on any atom is 0.320 e. The van der Waals surface area contributed by atoms with Gasteiger partial charge in [0.1, 0.15) is 6.04 Å². The van der Waals surface area contributed by atoms with Crippen LogP contribution in [-0.4, -0.2) is 17.1 Å². The van der Waals surface area contributed by atoms with Crippen LogP contribution in [0.25, 0.3) is 0 Å². The van der Waals surface area contributed by atoms with Crippen LogP contribution < -0.4 is 5.32 Å². The molecule has 2 heterocycles. The first-order chi connectivity index (χ1) is 6.27. The highest BCUT2D eigenvalue weighted by molar-refractivity contribution is 5.73. The number of carboxylic acid groups (broad SMARTS) is 1. The van der Waals surface area contributed by atoms with E-state index in [2.05, 4.69) is 5.32 Å². The third-order valence-electron chi connectivity index (χ3n) is 2.39. The lowest BCUT2D eigenvalue weighted by atomic mass is 10.1. The first-order valence-electron chi connectivity index (χ1n) is 4.28. The highest BCUT2D eigenvalue weighted by Crippen LogP contribution is 2.26. The minimum Gasteiger partial charge on any atom is -0.480 e. The van der Waals surface area contributed by atoms with Crippen LogP contribution in [0, 0.1) is 0 Å². The standard InChI is InChI=1S/C9H11NO3/c11-9(12)8-2-1-7(10-8)6-3-4-13-5-6/h3-5,7-8,10H,1-2H2,(H,11,12)/t7-,8+/m1/s1. The van der Waals surface area contributed by atoms with Crippen molar-refractivity contribution in [3.8, 4) is 0 Å². The summed E-state index contributed by atoms with van der Waals surface area (Å²) in [6.45, 7) is 0. The molecule has 1 fully saturated rings. The van der Waals surface area contributed by atoms with Gasteiger partial charge in [-0.2, -0.15) is 0 Å². The first kappa shape index (κ1) is 8.31. The molecule has 0 aliphatic carbocycles. The Morgan fingerprint density at radius 1 is 1.62 bits per heavy atom. The molecule has 1 saturated heterocycles. The van der Waals surface area contributed by atoms with E-state index in [9.17, 15) is 4.79 Å². The van der Waals surface area contributed by atoms with Gasteiger partial charge in [-0.05, 0) is 18.9 Å². The fourth-order valence-corrected chi connectivity index (χ4v) is 1.67. The molecule has 1 aromatic heterocycles. The summed E-state index contributed by atoms with van der Waals surface area (Å²) in [7, 11) is 0. The van der Waals surface area contributed by atoms with E-state index in [1.165, 1.54) is 0 Å². The van der Waals surface area contributed by atoms with Crippen molar-refractivity contribution in [2.24, 2.45) is 0 Å². The summed E-state index contributed by atoms with van der Waals surface area (Å²) in [6, 6.07) is 1.60. The van der Waals surface area contributed by atoms with Crippen LogP contribution in [0.3, 0.4) is 0 Å². The fourth-order valence-electron chi connectivity index (χ4n) is 1.67. The molecule has 0 aromatic carbocycles. The maximum atomic E-state index is 10.6. The van der Waals surface area contributed by atoms with Crippen molar-refractivity contribution < 1.29 is 14.3 Å². The van der Waals surface area contributed by atoms with Gasteiger partial charge in [-0.1, -0.05) is 0 Å². The van der Waals surface area contributed by atoms with E-state index in [1.54, 1.807) is 12.5 Å². The Hall–Kier alpha value is -1.29. The number of aliphatic carboxylic acids is 1. The summed E-state index contributed by atoms with van der Waals surface area (Å²) in [5.74, 6) is -0.772. The normalized spacial score (nSPS) is 27.7. The lowest BCUT2D eigenvalue weighted by molar-refractivity contribution is -0.139. The molecule has 1 aromatic rings. The first-order valence-corrected chi connectivity index (χ1v) is 4.28. The largest absolute Gasteiger partial charge is 0.480 e. The predicted molar refractivity (Wildman–Crippen MR) is 45.2 cm³/mol. The summed E-state index contributed by atoms with van der Waals surface area (Å²) in [5.41, 5.74) is 1.03. The van der Waals surface area contributed by atoms with Crippen molar-refractivity contribution in [1.82, 2.24) is 5.32 Å². The zero-order valence-electron chi connectivity index (χ0n) is 7.06. The van der Waals surface area contributed by atoms with Crippen molar-refractivity contribution in [3.05, 3.63) is 24.2 Å². The molecule has 2 rings (SSSR count). The van der Waals surface area contributed by atoms with Gasteiger partial charge in [-0.25, -0.2) is 0 Å². The second-order valence-corrected chi connectivity index (χ2v) is 3.24. The van der Waals surface area contributed by atoms with Gasteiger partial charge in [0.05, 0.1) is 12.5 Å². The zero-order valence-corrected chi connectivity index (χ0v) is 7.06. The van der Waals surface area contributed by atoms with E-state index in [0.717, 1.165) is 12.0 Å². The maximum absolute atomic E-state index is 10.6. The molecule has 1 aliphatic rings. The second-order valence-electron chi connectivity index (χ2n) is 3.24. The Labute approximate surface area is 75.6 Å². The SMILES string of the molecule is O=C(O)[C@@H]1CC[C@H](c2ccoc2)N1. The quantitative estimate of drug-likeness (QED) is 0.718. The van der Waals surface area contributed by atoms with Gasteiger partial charge in [-0.15, -0.1) is 0 Å². The Balaban J connectivity index is 2.03. The van der Waals surface area contributed by atoms with E-state index in [-0.39, 0.29) is 6.04 Å². The Morgan fingerprint density at radius 3 is 3.00 bits per heavy atom. The van der Waals surface area contributed by atoms with Gasteiger partial charge in [0.25, 0.3) is 0 Å². The fraction of sp³-hybridized carbons (Fsp3) is 0.444. The highest BCUT2D eigenvalue weighted by atomic mass is 16.4. The van der Waals surface area contributed by atoms with E-state index < -0.39 is 12.0 Å². The topological polar surface area (TPSA) is 62.5 Å². The average Bonchev–Trinajstić information content (AvgIpc) is 2.75. The minimum atomic E-state index is -0.772. The lowest BCUT2D eigenvalue weighted by Gasteiger charge is -2.08. The summed E-state index contributed by atoms with van der Waals surface area (Å²) in [4.78, 5) is 10.6. The molecule has 1 aliphatic heterocycles. The van der Waals surface area contributed by atoms with Crippen molar-refractivity contribution >= 4 is 5.97 Å². The van der Waals surface area contributed by atoms with Crippen LogP contribution >= 0.6 is 0 Å². The van der Waals surface area contributed by atoms with Crippen LogP contribution in [0.2, 0.25) is 0 Å². The third-order valence-corrected chi connectivity index (χ3v) is 2.39. The third kappa shape index (κ3) is 1.58. The second kappa shape index (κ2) is 3.22. The van der Waals surface area contributed by atoms with E-state index >= 15 is 0 Å². The molecule has 0 radical (unpaired) electrons. The minimum absolute atomic E-state index is 0.139. The summed E-state index contributed by atoms with van der Waals surface area (Å²) in [6.07, 6.45) is 4.80. The Bertz CT molecular complexity index is 294. The van der Waals surface area contributed by atoms with Gasteiger partial charge >= 0.3 is 5.97 Å². The number of hydrogen-bond donors (Lipinski definition) is 2. The summed E-state index contributed by atoms with van der Waals surface area (Å²) >= 11 is 0. The molecule has 2 atom stereocenters. The van der Waals surface area contributed by atoms with Gasteiger partial charge < -0.3 is 9.52 Å². The molecule has 0 unspecified atom stereocenters. The van der Waals surface area contributed by atoms with Crippen molar-refractivity contribution in [2.75, 3.05) is 0 Å². The number of rotatable bonds is 2. The van der Waals surface area contributed by atoms with Crippen LogP contribution in [-0.2, 0) is 4.79 Å². The molecular formula is C9H11NO3. The predicted octanol–water partition coefficient (Wildman–Crippen LogP) is 1.16. The molecule has 0 spiro atoms. The van der Waals surface area contributed by atoms with Gasteiger partial charge in [0.15, 0.2) is 0 Å². The zero-order chi connectivity index (χ0) is 9.26. The molecule has 70 valence electrons. The van der Waals surface area contributed by atoms with E-state index in [1.807, 2.05) is 6.07 Å². The summed E-state index contributed by atoms with van der Waals surface area (Å²) in [5, 5.41) is 11.8. The monoisotopic (exact) mass is 181 g/mol. The average molecular weight is 181 g/mol. The van der Waals surface area contributed by atoms with Gasteiger partial charge in [0.2, 0.25) is 0 Å². The summed E-state index contributed by atoms with van der Waals surface area (Å²) < 4.78 is 4.94. The molecule has 2 N–H and O–H groups in total. The number of carbonyl (C=O) groups is 1. The Kier molecular flexibility index (Phi) is 2.06. The highest BCUT2D eigenvalue weighted by Gasteiger charge is 2.29. The molecule has 4 nitrogen and oxygen atoms in total. The molecular weight excluding hydrogens is 170 g/mol. The van der Waals surface area contributed by atoms with Crippen molar-refractivity contribution in [1.29, 1.82) is 0 Å².